The van der Waals surface area contributed by atoms with E-state index in [-0.39, 0.29) is 5.75 Å². The third kappa shape index (κ3) is 5.55. The topological polar surface area (TPSA) is 65.0 Å². The first-order valence-electron chi connectivity index (χ1n) is 10.7. The van der Waals surface area contributed by atoms with Gasteiger partial charge in [-0.25, -0.2) is 0 Å². The molecule has 4 rings (SSSR count). The molecule has 0 bridgehead atoms. The molecule has 1 heterocycles. The van der Waals surface area contributed by atoms with E-state index < -0.39 is 0 Å². The molecule has 0 radical (unpaired) electrons. The average Bonchev–Trinajstić information content (AvgIpc) is 2.84. The Hall–Kier alpha value is -3.51. The van der Waals surface area contributed by atoms with Gasteiger partial charge in [0.05, 0.1) is 49.8 Å². The highest BCUT2D eigenvalue weighted by Crippen LogP contribution is 2.25. The van der Waals surface area contributed by atoms with Crippen molar-refractivity contribution in [2.45, 2.75) is 6.92 Å². The molecule has 1 aliphatic heterocycles. The van der Waals surface area contributed by atoms with Crippen molar-refractivity contribution in [3.05, 3.63) is 78.4 Å². The Kier molecular flexibility index (Phi) is 6.69. The second-order valence-corrected chi connectivity index (χ2v) is 7.64. The summed E-state index contributed by atoms with van der Waals surface area (Å²) in [7, 11) is 0. The third-order valence-corrected chi connectivity index (χ3v) is 5.59. The first-order valence-corrected chi connectivity index (χ1v) is 10.7. The normalized spacial score (nSPS) is 15.2. The lowest BCUT2D eigenvalue weighted by atomic mass is 10.2. The number of hydrogen-bond acceptors (Lipinski definition) is 5. The van der Waals surface area contributed by atoms with Gasteiger partial charge < -0.3 is 14.9 Å². The van der Waals surface area contributed by atoms with Gasteiger partial charge in [0.25, 0.3) is 0 Å². The highest BCUT2D eigenvalue weighted by Gasteiger charge is 2.18. The number of hydrogen-bond donors (Lipinski definition) is 2. The number of benzene rings is 3. The monoisotopic (exact) mass is 414 g/mol. The highest BCUT2D eigenvalue weighted by atomic mass is 16.3. The van der Waals surface area contributed by atoms with Gasteiger partial charge >= 0.3 is 0 Å². The highest BCUT2D eigenvalue weighted by molar-refractivity contribution is 5.86. The first kappa shape index (κ1) is 20.8. The van der Waals surface area contributed by atoms with Crippen molar-refractivity contribution >= 4 is 29.0 Å². The summed E-state index contributed by atoms with van der Waals surface area (Å²) >= 11 is 0. The van der Waals surface area contributed by atoms with Gasteiger partial charge in [-0.15, -0.1) is 0 Å². The molecule has 3 aromatic carbocycles. The molecule has 0 unspecified atom stereocenters. The fourth-order valence-corrected chi connectivity index (χ4v) is 3.65. The standard InChI is InChI=1S/C25H27N5O/c1-2-29-14-16-30(17-15-29)24-11-8-21(9-12-24)26-19-20-18-23(10-13-25(20)31)28-27-22-6-4-3-5-7-22/h3-13,18-19,31H,2,14-17H2,1H3/p+1. The summed E-state index contributed by atoms with van der Waals surface area (Å²) < 4.78 is 0. The molecule has 0 aromatic heterocycles. The minimum atomic E-state index is 0.162. The van der Waals surface area contributed by atoms with E-state index in [1.807, 2.05) is 42.5 Å². The number of phenolic OH excluding ortho intramolecular Hbond substituents is 1. The molecule has 0 saturated carbocycles. The molecule has 0 spiro atoms. The molecule has 1 fully saturated rings. The number of azo groups is 1. The second kappa shape index (κ2) is 10.00. The lowest BCUT2D eigenvalue weighted by Crippen LogP contribution is -3.14. The Morgan fingerprint density at radius 1 is 0.871 bits per heavy atom. The summed E-state index contributed by atoms with van der Waals surface area (Å²) in [5.74, 6) is 0.162. The molecule has 6 nitrogen and oxygen atoms in total. The van der Waals surface area contributed by atoms with E-state index in [9.17, 15) is 5.11 Å². The third-order valence-electron chi connectivity index (χ3n) is 5.59. The van der Waals surface area contributed by atoms with Crippen molar-refractivity contribution in [3.8, 4) is 5.75 Å². The van der Waals surface area contributed by atoms with Gasteiger partial charge in [-0.2, -0.15) is 10.2 Å². The Bertz CT molecular complexity index is 1040. The second-order valence-electron chi connectivity index (χ2n) is 7.64. The molecule has 158 valence electrons. The van der Waals surface area contributed by atoms with Gasteiger partial charge in [-0.3, -0.25) is 4.99 Å². The smallest absolute Gasteiger partial charge is 0.124 e. The van der Waals surface area contributed by atoms with Crippen molar-refractivity contribution in [2.24, 2.45) is 15.2 Å². The fraction of sp³-hybridized carbons (Fsp3) is 0.240. The summed E-state index contributed by atoms with van der Waals surface area (Å²) in [6.07, 6.45) is 1.66. The number of quaternary nitrogens is 1. The van der Waals surface area contributed by atoms with Gasteiger partial charge in [-0.05, 0) is 61.5 Å². The summed E-state index contributed by atoms with van der Waals surface area (Å²) in [5.41, 5.74) is 4.13. The van der Waals surface area contributed by atoms with Crippen LogP contribution in [0.2, 0.25) is 0 Å². The molecule has 3 aromatic rings. The van der Waals surface area contributed by atoms with Crippen molar-refractivity contribution < 1.29 is 10.0 Å². The number of aromatic hydroxyl groups is 1. The first-order chi connectivity index (χ1) is 15.2. The van der Waals surface area contributed by atoms with Crippen molar-refractivity contribution in [2.75, 3.05) is 37.6 Å². The number of phenols is 1. The van der Waals surface area contributed by atoms with Crippen LogP contribution in [-0.2, 0) is 0 Å². The molecule has 0 atom stereocenters. The molecular formula is C25H28N5O+. The lowest BCUT2D eigenvalue weighted by Gasteiger charge is -2.33. The van der Waals surface area contributed by atoms with E-state index in [1.165, 1.54) is 25.3 Å². The number of nitrogens with zero attached hydrogens (tertiary/aromatic N) is 4. The molecular weight excluding hydrogens is 386 g/mol. The Morgan fingerprint density at radius 2 is 1.55 bits per heavy atom. The number of nitrogens with one attached hydrogen (secondary N) is 1. The van der Waals surface area contributed by atoms with E-state index in [0.717, 1.165) is 24.5 Å². The van der Waals surface area contributed by atoms with E-state index in [4.69, 9.17) is 0 Å². The molecule has 1 aliphatic rings. The summed E-state index contributed by atoms with van der Waals surface area (Å²) in [4.78, 5) is 8.63. The zero-order valence-electron chi connectivity index (χ0n) is 17.8. The average molecular weight is 415 g/mol. The minimum absolute atomic E-state index is 0.162. The van der Waals surface area contributed by atoms with Crippen LogP contribution in [0.5, 0.6) is 5.75 Å². The molecule has 31 heavy (non-hydrogen) atoms. The summed E-state index contributed by atoms with van der Waals surface area (Å²) in [6, 6.07) is 22.9. The van der Waals surface area contributed by atoms with E-state index in [2.05, 4.69) is 39.2 Å². The van der Waals surface area contributed by atoms with E-state index >= 15 is 0 Å². The summed E-state index contributed by atoms with van der Waals surface area (Å²) in [6.45, 7) is 8.00. The SMILES string of the molecule is CC[NH+]1CCN(c2ccc(N=Cc3cc(N=Nc4ccccc4)ccc3O)cc2)CC1. The van der Waals surface area contributed by atoms with Gasteiger partial charge in [0.15, 0.2) is 0 Å². The quantitative estimate of drug-likeness (QED) is 0.467. The van der Waals surface area contributed by atoms with Gasteiger partial charge in [0.1, 0.15) is 5.75 Å². The number of rotatable bonds is 6. The van der Waals surface area contributed by atoms with Crippen LogP contribution in [0.4, 0.5) is 22.7 Å². The van der Waals surface area contributed by atoms with Crippen LogP contribution < -0.4 is 9.80 Å². The van der Waals surface area contributed by atoms with Crippen LogP contribution in [0, 0.1) is 0 Å². The number of likely N-dealkylation sites (N-methyl/N-ethyl adjacent to an activating group) is 1. The molecule has 2 N–H and O–H groups in total. The Balaban J connectivity index is 1.43. The number of aliphatic imine (C=N–C) groups is 1. The van der Waals surface area contributed by atoms with Crippen LogP contribution in [-0.4, -0.2) is 44.0 Å². The largest absolute Gasteiger partial charge is 0.507 e. The molecule has 0 aliphatic carbocycles. The van der Waals surface area contributed by atoms with Crippen LogP contribution in [0.25, 0.3) is 0 Å². The molecule has 1 saturated heterocycles. The van der Waals surface area contributed by atoms with Crippen LogP contribution >= 0.6 is 0 Å². The molecule has 0 amide bonds. The number of anilines is 1. The predicted molar refractivity (Wildman–Crippen MR) is 126 cm³/mol. The van der Waals surface area contributed by atoms with E-state index in [0.29, 0.717) is 11.3 Å². The van der Waals surface area contributed by atoms with Crippen LogP contribution in [0.1, 0.15) is 12.5 Å². The fourth-order valence-electron chi connectivity index (χ4n) is 3.65. The van der Waals surface area contributed by atoms with E-state index in [1.54, 1.807) is 29.3 Å². The van der Waals surface area contributed by atoms with Crippen molar-refractivity contribution in [1.82, 2.24) is 0 Å². The minimum Gasteiger partial charge on any atom is -0.507 e. The maximum absolute atomic E-state index is 10.2. The Labute approximate surface area is 183 Å². The van der Waals surface area contributed by atoms with Gasteiger partial charge in [-0.1, -0.05) is 18.2 Å². The van der Waals surface area contributed by atoms with Crippen molar-refractivity contribution in [3.63, 3.8) is 0 Å². The predicted octanol–water partition coefficient (Wildman–Crippen LogP) is 4.28. The number of piperazine rings is 1. The van der Waals surface area contributed by atoms with Crippen LogP contribution in [0.3, 0.4) is 0 Å². The maximum Gasteiger partial charge on any atom is 0.124 e. The lowest BCUT2D eigenvalue weighted by molar-refractivity contribution is -0.898. The van der Waals surface area contributed by atoms with Crippen molar-refractivity contribution in [1.29, 1.82) is 0 Å². The summed E-state index contributed by atoms with van der Waals surface area (Å²) in [5, 5.41) is 18.7. The van der Waals surface area contributed by atoms with Gasteiger partial charge in [0.2, 0.25) is 0 Å². The van der Waals surface area contributed by atoms with Crippen LogP contribution in [0.15, 0.2) is 88.0 Å². The maximum atomic E-state index is 10.2. The zero-order chi connectivity index (χ0) is 21.5. The van der Waals surface area contributed by atoms with Gasteiger partial charge in [0, 0.05) is 17.5 Å². The zero-order valence-corrected chi connectivity index (χ0v) is 17.8. The molecule has 6 heteroatoms. The Morgan fingerprint density at radius 3 is 2.26 bits per heavy atom.